The Labute approximate surface area is 182 Å². The van der Waals surface area contributed by atoms with Gasteiger partial charge in [-0.15, -0.1) is 11.8 Å². The second kappa shape index (κ2) is 8.72. The van der Waals surface area contributed by atoms with Crippen LogP contribution in [0.1, 0.15) is 31.4 Å². The van der Waals surface area contributed by atoms with Crippen LogP contribution in [-0.2, 0) is 11.3 Å². The molecule has 0 spiro atoms. The first-order chi connectivity index (χ1) is 14.4. The summed E-state index contributed by atoms with van der Waals surface area (Å²) in [6, 6.07) is 14.1. The first-order valence-corrected chi connectivity index (χ1v) is 11.6. The van der Waals surface area contributed by atoms with Gasteiger partial charge in [0, 0.05) is 23.7 Å². The molecule has 0 bridgehead atoms. The topological polar surface area (TPSA) is 52.7 Å². The molecule has 2 aliphatic heterocycles. The molecule has 4 rings (SSSR count). The fourth-order valence-electron chi connectivity index (χ4n) is 4.36. The average molecular weight is 424 g/mol. The van der Waals surface area contributed by atoms with Gasteiger partial charge in [-0.2, -0.15) is 0 Å². The van der Waals surface area contributed by atoms with Crippen molar-refractivity contribution >= 4 is 35.1 Å². The number of anilines is 2. The number of benzene rings is 2. The Kier molecular flexibility index (Phi) is 6.04. The molecule has 2 heterocycles. The van der Waals surface area contributed by atoms with Gasteiger partial charge in [-0.3, -0.25) is 4.79 Å². The molecule has 2 aromatic carbocycles. The Morgan fingerprint density at radius 1 is 1.10 bits per heavy atom. The molecule has 5 nitrogen and oxygen atoms in total. The number of piperidine rings is 1. The van der Waals surface area contributed by atoms with E-state index in [1.54, 1.807) is 11.8 Å². The van der Waals surface area contributed by atoms with Crippen molar-refractivity contribution in [3.8, 4) is 0 Å². The molecule has 2 aromatic rings. The van der Waals surface area contributed by atoms with Crippen LogP contribution in [-0.4, -0.2) is 35.7 Å². The van der Waals surface area contributed by atoms with E-state index in [4.69, 9.17) is 0 Å². The Morgan fingerprint density at radius 3 is 2.50 bits per heavy atom. The Morgan fingerprint density at radius 2 is 1.80 bits per heavy atom. The highest BCUT2D eigenvalue weighted by Gasteiger charge is 2.27. The van der Waals surface area contributed by atoms with Gasteiger partial charge in [0.25, 0.3) is 0 Å². The van der Waals surface area contributed by atoms with Crippen molar-refractivity contribution in [2.75, 3.05) is 29.1 Å². The summed E-state index contributed by atoms with van der Waals surface area (Å²) in [4.78, 5) is 30.3. The maximum atomic E-state index is 12.8. The van der Waals surface area contributed by atoms with E-state index < -0.39 is 0 Å². The number of aryl methyl sites for hydroxylation is 1. The van der Waals surface area contributed by atoms with Gasteiger partial charge in [0.05, 0.1) is 18.0 Å². The highest BCUT2D eigenvalue weighted by molar-refractivity contribution is 8.00. The van der Waals surface area contributed by atoms with Crippen molar-refractivity contribution < 1.29 is 9.59 Å². The fourth-order valence-corrected chi connectivity index (χ4v) is 5.28. The number of hydrogen-bond acceptors (Lipinski definition) is 3. The zero-order valence-electron chi connectivity index (χ0n) is 17.9. The second-order valence-electron chi connectivity index (χ2n) is 8.72. The molecular weight excluding hydrogens is 394 g/mol. The average Bonchev–Trinajstić information content (AvgIpc) is 2.71. The van der Waals surface area contributed by atoms with E-state index in [9.17, 15) is 9.59 Å². The molecule has 2 aliphatic rings. The maximum absolute atomic E-state index is 12.8. The molecule has 3 amide bonds. The van der Waals surface area contributed by atoms with Gasteiger partial charge in [-0.05, 0) is 48.9 Å². The van der Waals surface area contributed by atoms with Gasteiger partial charge in [0.2, 0.25) is 5.91 Å². The highest BCUT2D eigenvalue weighted by Crippen LogP contribution is 2.38. The smallest absolute Gasteiger partial charge is 0.321 e. The monoisotopic (exact) mass is 423 g/mol. The minimum absolute atomic E-state index is 0.0618. The number of hydrogen-bond donors (Lipinski definition) is 1. The van der Waals surface area contributed by atoms with E-state index in [2.05, 4.69) is 50.4 Å². The van der Waals surface area contributed by atoms with E-state index in [0.717, 1.165) is 41.3 Å². The fraction of sp³-hybridized carbons (Fsp3) is 0.417. The summed E-state index contributed by atoms with van der Waals surface area (Å²) in [6.07, 6.45) is 1.16. The van der Waals surface area contributed by atoms with Crippen molar-refractivity contribution in [2.24, 2.45) is 11.8 Å². The van der Waals surface area contributed by atoms with Crippen LogP contribution in [0.2, 0.25) is 0 Å². The zero-order chi connectivity index (χ0) is 21.3. The minimum atomic E-state index is -0.0618. The van der Waals surface area contributed by atoms with Gasteiger partial charge in [-0.25, -0.2) is 4.79 Å². The summed E-state index contributed by atoms with van der Waals surface area (Å²) < 4.78 is 0. The van der Waals surface area contributed by atoms with E-state index in [1.165, 1.54) is 5.56 Å². The number of carbonyl (C=O) groups is 2. The molecule has 0 saturated carbocycles. The minimum Gasteiger partial charge on any atom is -0.324 e. The standard InChI is InChI=1S/C24H29N3O2S/c1-16-4-6-19(7-5-16)14-27-21-11-20(8-9-22(21)30-15-23(27)28)25-24(29)26-12-17(2)10-18(3)13-26/h4-9,11,17-18H,10,12-15H2,1-3H3,(H,25,29). The number of fused-ring (bicyclic) bond motifs is 1. The molecule has 2 atom stereocenters. The van der Waals surface area contributed by atoms with E-state index in [0.29, 0.717) is 24.1 Å². The Hall–Kier alpha value is -2.47. The summed E-state index contributed by atoms with van der Waals surface area (Å²) in [6.45, 7) is 8.55. The van der Waals surface area contributed by atoms with Crippen molar-refractivity contribution in [3.05, 3.63) is 53.6 Å². The third-order valence-electron chi connectivity index (χ3n) is 5.77. The number of rotatable bonds is 3. The number of urea groups is 1. The summed E-state index contributed by atoms with van der Waals surface area (Å²) in [5, 5.41) is 3.05. The van der Waals surface area contributed by atoms with Crippen LogP contribution in [0.3, 0.4) is 0 Å². The van der Waals surface area contributed by atoms with Crippen molar-refractivity contribution in [3.63, 3.8) is 0 Å². The molecule has 158 valence electrons. The second-order valence-corrected chi connectivity index (χ2v) is 9.74. The first-order valence-electron chi connectivity index (χ1n) is 10.6. The molecule has 0 radical (unpaired) electrons. The van der Waals surface area contributed by atoms with Gasteiger partial charge in [-0.1, -0.05) is 43.7 Å². The number of likely N-dealkylation sites (tertiary alicyclic amines) is 1. The lowest BCUT2D eigenvalue weighted by Crippen LogP contribution is -2.44. The van der Waals surface area contributed by atoms with E-state index in [-0.39, 0.29) is 11.9 Å². The van der Waals surface area contributed by atoms with Crippen LogP contribution in [0.4, 0.5) is 16.2 Å². The summed E-state index contributed by atoms with van der Waals surface area (Å²) in [7, 11) is 0. The van der Waals surface area contributed by atoms with Crippen LogP contribution < -0.4 is 10.2 Å². The summed E-state index contributed by atoms with van der Waals surface area (Å²) in [5.74, 6) is 1.56. The lowest BCUT2D eigenvalue weighted by molar-refractivity contribution is -0.116. The molecule has 0 aliphatic carbocycles. The quantitative estimate of drug-likeness (QED) is 0.743. The highest BCUT2D eigenvalue weighted by atomic mass is 32.2. The number of nitrogens with one attached hydrogen (secondary N) is 1. The molecule has 30 heavy (non-hydrogen) atoms. The molecule has 1 N–H and O–H groups in total. The number of amides is 3. The van der Waals surface area contributed by atoms with Crippen LogP contribution in [0.5, 0.6) is 0 Å². The molecule has 2 unspecified atom stereocenters. The van der Waals surface area contributed by atoms with Crippen LogP contribution in [0.15, 0.2) is 47.4 Å². The Bertz CT molecular complexity index is 934. The van der Waals surface area contributed by atoms with E-state index >= 15 is 0 Å². The van der Waals surface area contributed by atoms with E-state index in [1.807, 2.05) is 28.0 Å². The molecule has 1 saturated heterocycles. The summed E-state index contributed by atoms with van der Waals surface area (Å²) >= 11 is 1.56. The first kappa shape index (κ1) is 20.8. The van der Waals surface area contributed by atoms with Crippen LogP contribution in [0.25, 0.3) is 0 Å². The van der Waals surface area contributed by atoms with Crippen molar-refractivity contribution in [1.29, 1.82) is 0 Å². The van der Waals surface area contributed by atoms with Crippen molar-refractivity contribution in [1.82, 2.24) is 4.90 Å². The lowest BCUT2D eigenvalue weighted by Gasteiger charge is -2.35. The maximum Gasteiger partial charge on any atom is 0.321 e. The largest absolute Gasteiger partial charge is 0.324 e. The SMILES string of the molecule is Cc1ccc(CN2C(=O)CSc3ccc(NC(=O)N4CC(C)CC(C)C4)cc32)cc1. The van der Waals surface area contributed by atoms with Crippen molar-refractivity contribution in [2.45, 2.75) is 38.6 Å². The van der Waals surface area contributed by atoms with Crippen LogP contribution in [0, 0.1) is 18.8 Å². The van der Waals surface area contributed by atoms with Gasteiger partial charge in [0.15, 0.2) is 0 Å². The van der Waals surface area contributed by atoms with Gasteiger partial charge >= 0.3 is 6.03 Å². The van der Waals surface area contributed by atoms with Crippen LogP contribution >= 0.6 is 11.8 Å². The lowest BCUT2D eigenvalue weighted by atomic mass is 9.92. The number of nitrogens with zero attached hydrogens (tertiary/aromatic N) is 2. The number of thioether (sulfide) groups is 1. The number of carbonyl (C=O) groups excluding carboxylic acids is 2. The molecule has 6 heteroatoms. The van der Waals surface area contributed by atoms with Gasteiger partial charge < -0.3 is 15.1 Å². The van der Waals surface area contributed by atoms with Gasteiger partial charge in [0.1, 0.15) is 0 Å². The predicted molar refractivity (Wildman–Crippen MR) is 123 cm³/mol. The predicted octanol–water partition coefficient (Wildman–Crippen LogP) is 5.14. The Balaban J connectivity index is 1.53. The molecular formula is C24H29N3O2S. The molecule has 0 aromatic heterocycles. The zero-order valence-corrected chi connectivity index (χ0v) is 18.7. The third-order valence-corrected chi connectivity index (χ3v) is 6.82. The molecule has 1 fully saturated rings. The third kappa shape index (κ3) is 4.64. The summed E-state index contributed by atoms with van der Waals surface area (Å²) in [5.41, 5.74) is 3.90. The normalized spacial score (nSPS) is 21.4.